The molecule has 1 aromatic rings. The average Bonchev–Trinajstić information content (AvgIpc) is 2.02. The van der Waals surface area contributed by atoms with Crippen molar-refractivity contribution in [3.05, 3.63) is 30.3 Å². The zero-order valence-electron chi connectivity index (χ0n) is 7.52. The van der Waals surface area contributed by atoms with Gasteiger partial charge in [-0.15, -0.1) is 0 Å². The van der Waals surface area contributed by atoms with E-state index in [2.05, 4.69) is 4.72 Å². The van der Waals surface area contributed by atoms with Crippen molar-refractivity contribution in [2.45, 2.75) is 6.92 Å². The Labute approximate surface area is 82.3 Å². The van der Waals surface area contributed by atoms with Crippen molar-refractivity contribution in [1.29, 1.82) is 0 Å². The Balaban J connectivity index is 2.74. The van der Waals surface area contributed by atoms with E-state index >= 15 is 0 Å². The van der Waals surface area contributed by atoms with Crippen LogP contribution >= 0.6 is 0 Å². The molecule has 0 bridgehead atoms. The maximum Gasteiger partial charge on any atom is 0.323 e. The minimum atomic E-state index is -3.78. The van der Waals surface area contributed by atoms with Gasteiger partial charge in [0.05, 0.1) is 5.69 Å². The number of nitrogens with one attached hydrogen (secondary N) is 2. The van der Waals surface area contributed by atoms with Crippen LogP contribution in [0.1, 0.15) is 6.92 Å². The molecule has 0 aliphatic heterocycles. The van der Waals surface area contributed by atoms with Gasteiger partial charge in [0.1, 0.15) is 0 Å². The fraction of sp³-hybridized carbons (Fsp3) is 0.125. The van der Waals surface area contributed by atoms with Crippen molar-refractivity contribution in [3.8, 4) is 0 Å². The maximum atomic E-state index is 11.2. The number of anilines is 1. The molecule has 0 atom stereocenters. The van der Waals surface area contributed by atoms with E-state index in [0.717, 1.165) is 6.92 Å². The second-order valence-electron chi connectivity index (χ2n) is 2.63. The second-order valence-corrected chi connectivity index (χ2v) is 4.04. The molecule has 5 nitrogen and oxygen atoms in total. The van der Waals surface area contributed by atoms with E-state index in [-0.39, 0.29) is 0 Å². The lowest BCUT2D eigenvalue weighted by Gasteiger charge is -2.06. The Kier molecular flexibility index (Phi) is 3.08. The number of benzene rings is 1. The molecule has 0 radical (unpaired) electrons. The van der Waals surface area contributed by atoms with Crippen molar-refractivity contribution in [2.75, 3.05) is 4.72 Å². The normalized spacial score (nSPS) is 10.6. The molecule has 0 aliphatic carbocycles. The van der Waals surface area contributed by atoms with Crippen LogP contribution in [-0.2, 0) is 15.0 Å². The molecule has 2 N–H and O–H groups in total. The van der Waals surface area contributed by atoms with Gasteiger partial charge in [-0.2, -0.15) is 8.42 Å². The summed E-state index contributed by atoms with van der Waals surface area (Å²) in [6.45, 7) is 1.13. The summed E-state index contributed by atoms with van der Waals surface area (Å²) in [5.74, 6) is -0.631. The molecule has 1 aromatic carbocycles. The van der Waals surface area contributed by atoms with Gasteiger partial charge < -0.3 is 0 Å². The van der Waals surface area contributed by atoms with Gasteiger partial charge in [-0.25, -0.2) is 4.72 Å². The summed E-state index contributed by atoms with van der Waals surface area (Å²) in [4.78, 5) is 10.5. The predicted molar refractivity (Wildman–Crippen MR) is 52.8 cm³/mol. The second kappa shape index (κ2) is 4.10. The van der Waals surface area contributed by atoms with Gasteiger partial charge in [-0.1, -0.05) is 18.2 Å². The minimum absolute atomic E-state index is 0.404. The van der Waals surface area contributed by atoms with Crippen LogP contribution < -0.4 is 9.44 Å². The number of para-hydroxylation sites is 1. The van der Waals surface area contributed by atoms with E-state index in [1.807, 2.05) is 0 Å². The van der Waals surface area contributed by atoms with E-state index in [1.165, 1.54) is 0 Å². The largest absolute Gasteiger partial charge is 0.323 e. The van der Waals surface area contributed by atoms with Crippen molar-refractivity contribution >= 4 is 21.8 Å². The summed E-state index contributed by atoms with van der Waals surface area (Å²) in [7, 11) is -3.78. The lowest BCUT2D eigenvalue weighted by atomic mass is 10.3. The molecule has 0 aliphatic rings. The number of hydrogen-bond acceptors (Lipinski definition) is 3. The Morgan fingerprint density at radius 2 is 1.79 bits per heavy atom. The summed E-state index contributed by atoms with van der Waals surface area (Å²) in [6, 6.07) is 8.30. The Morgan fingerprint density at radius 3 is 2.29 bits per heavy atom. The predicted octanol–water partition coefficient (Wildman–Crippen LogP) is 0.479. The molecule has 0 heterocycles. The fourth-order valence-corrected chi connectivity index (χ4v) is 1.75. The lowest BCUT2D eigenvalue weighted by molar-refractivity contribution is -0.117. The van der Waals surface area contributed by atoms with Crippen molar-refractivity contribution in [1.82, 2.24) is 4.72 Å². The van der Waals surface area contributed by atoms with Crippen LogP contribution in [0, 0.1) is 0 Å². The molecule has 0 aromatic heterocycles. The molecule has 76 valence electrons. The first kappa shape index (κ1) is 10.5. The first-order chi connectivity index (χ1) is 6.49. The summed E-state index contributed by atoms with van der Waals surface area (Å²) in [5, 5.41) is 0. The van der Waals surface area contributed by atoms with Crippen LogP contribution in [0.3, 0.4) is 0 Å². The highest BCUT2D eigenvalue weighted by Crippen LogP contribution is 2.06. The van der Waals surface area contributed by atoms with Crippen LogP contribution in [0.4, 0.5) is 5.69 Å². The quantitative estimate of drug-likeness (QED) is 0.768. The fourth-order valence-electron chi connectivity index (χ4n) is 0.876. The van der Waals surface area contributed by atoms with Crippen LogP contribution in [-0.4, -0.2) is 14.3 Å². The number of carbonyl (C=O) groups is 1. The molecular weight excluding hydrogens is 204 g/mol. The number of hydrogen-bond donors (Lipinski definition) is 2. The monoisotopic (exact) mass is 214 g/mol. The SMILES string of the molecule is CC(=O)NS(=O)(=O)Nc1ccccc1. The molecule has 1 amide bonds. The van der Waals surface area contributed by atoms with Gasteiger partial charge in [-0.05, 0) is 12.1 Å². The lowest BCUT2D eigenvalue weighted by Crippen LogP contribution is -2.33. The van der Waals surface area contributed by atoms with Gasteiger partial charge in [0.25, 0.3) is 0 Å². The zero-order chi connectivity index (χ0) is 10.6. The van der Waals surface area contributed by atoms with E-state index < -0.39 is 16.1 Å². The highest BCUT2D eigenvalue weighted by Gasteiger charge is 2.10. The Hall–Kier alpha value is -1.56. The molecule has 6 heteroatoms. The van der Waals surface area contributed by atoms with E-state index in [9.17, 15) is 13.2 Å². The Morgan fingerprint density at radius 1 is 1.21 bits per heavy atom. The summed E-state index contributed by atoms with van der Waals surface area (Å²) >= 11 is 0. The van der Waals surface area contributed by atoms with Gasteiger partial charge in [0.15, 0.2) is 0 Å². The highest BCUT2D eigenvalue weighted by atomic mass is 32.2. The molecule has 0 unspecified atom stereocenters. The van der Waals surface area contributed by atoms with Gasteiger partial charge in [-0.3, -0.25) is 9.52 Å². The molecule has 14 heavy (non-hydrogen) atoms. The minimum Gasteiger partial charge on any atom is -0.274 e. The third-order valence-corrected chi connectivity index (χ3v) is 2.36. The average molecular weight is 214 g/mol. The third kappa shape index (κ3) is 3.44. The first-order valence-electron chi connectivity index (χ1n) is 3.86. The Bertz CT molecular complexity index is 413. The summed E-state index contributed by atoms with van der Waals surface area (Å²) in [5.41, 5.74) is 0.404. The third-order valence-electron chi connectivity index (χ3n) is 1.30. The van der Waals surface area contributed by atoms with Crippen LogP contribution in [0.2, 0.25) is 0 Å². The molecular formula is C8H10N2O3S. The van der Waals surface area contributed by atoms with Gasteiger partial charge >= 0.3 is 10.2 Å². The number of amides is 1. The van der Waals surface area contributed by atoms with E-state index in [1.54, 1.807) is 35.1 Å². The zero-order valence-corrected chi connectivity index (χ0v) is 8.34. The van der Waals surface area contributed by atoms with Gasteiger partial charge in [0.2, 0.25) is 5.91 Å². The molecule has 0 saturated carbocycles. The molecule has 0 spiro atoms. The van der Waals surface area contributed by atoms with Crippen molar-refractivity contribution < 1.29 is 13.2 Å². The molecule has 0 saturated heterocycles. The van der Waals surface area contributed by atoms with Crippen molar-refractivity contribution in [2.24, 2.45) is 0 Å². The summed E-state index contributed by atoms with van der Waals surface area (Å²) < 4.78 is 26.3. The molecule has 0 fully saturated rings. The van der Waals surface area contributed by atoms with E-state index in [4.69, 9.17) is 0 Å². The van der Waals surface area contributed by atoms with Crippen LogP contribution in [0.25, 0.3) is 0 Å². The van der Waals surface area contributed by atoms with Crippen molar-refractivity contribution in [3.63, 3.8) is 0 Å². The standard InChI is InChI=1S/C8H10N2O3S/c1-7(11)9-14(12,13)10-8-5-3-2-4-6-8/h2-6,10H,1H3,(H,9,11). The maximum absolute atomic E-state index is 11.2. The van der Waals surface area contributed by atoms with Crippen LogP contribution in [0.15, 0.2) is 30.3 Å². The molecule has 1 rings (SSSR count). The number of rotatable bonds is 3. The number of carbonyl (C=O) groups excluding carboxylic acids is 1. The summed E-state index contributed by atoms with van der Waals surface area (Å²) in [6.07, 6.45) is 0. The first-order valence-corrected chi connectivity index (χ1v) is 5.34. The van der Waals surface area contributed by atoms with Gasteiger partial charge in [0, 0.05) is 6.92 Å². The highest BCUT2D eigenvalue weighted by molar-refractivity contribution is 7.91. The van der Waals surface area contributed by atoms with E-state index in [0.29, 0.717) is 5.69 Å². The van der Waals surface area contributed by atoms with Crippen LogP contribution in [0.5, 0.6) is 0 Å². The smallest absolute Gasteiger partial charge is 0.274 e. The topological polar surface area (TPSA) is 75.3 Å².